The van der Waals surface area contributed by atoms with Crippen molar-refractivity contribution in [3.05, 3.63) is 52.2 Å². The van der Waals surface area contributed by atoms with Crippen molar-refractivity contribution in [2.45, 2.75) is 32.1 Å². The molecular weight excluding hydrogens is 464 g/mol. The van der Waals surface area contributed by atoms with Gasteiger partial charge in [0, 0.05) is 74.2 Å². The topological polar surface area (TPSA) is 71.3 Å². The van der Waals surface area contributed by atoms with Crippen LogP contribution in [0, 0.1) is 11.6 Å². The number of aromatic nitrogens is 4. The fraction of sp³-hybridized carbons (Fsp3) is 0.423. The number of fused-ring (bicyclic) bond motifs is 1. The lowest BCUT2D eigenvalue weighted by Crippen LogP contribution is -2.44. The van der Waals surface area contributed by atoms with Gasteiger partial charge in [0.05, 0.1) is 0 Å². The molecule has 2 aliphatic carbocycles. The van der Waals surface area contributed by atoms with E-state index in [1.165, 1.54) is 18.5 Å². The van der Waals surface area contributed by atoms with E-state index >= 15 is 4.39 Å². The highest BCUT2D eigenvalue weighted by Gasteiger charge is 2.28. The second-order valence-electron chi connectivity index (χ2n) is 9.99. The van der Waals surface area contributed by atoms with Gasteiger partial charge in [-0.3, -0.25) is 4.68 Å². The van der Waals surface area contributed by atoms with Crippen molar-refractivity contribution in [3.8, 4) is 11.8 Å². The monoisotopic (exact) mass is 493 g/mol. The third-order valence-corrected chi connectivity index (χ3v) is 7.06. The molecule has 8 nitrogen and oxygen atoms in total. The normalized spacial score (nSPS) is 17.8. The van der Waals surface area contributed by atoms with Gasteiger partial charge < -0.3 is 19.9 Å². The van der Waals surface area contributed by atoms with E-state index in [0.717, 1.165) is 37.8 Å². The van der Waals surface area contributed by atoms with E-state index in [1.807, 2.05) is 30.8 Å². The molecule has 188 valence electrons. The molecule has 6 rings (SSSR count). The molecule has 0 amide bonds. The molecule has 2 fully saturated rings. The molecule has 3 heterocycles. The Hall–Kier alpha value is -3.53. The van der Waals surface area contributed by atoms with Crippen molar-refractivity contribution in [1.82, 2.24) is 24.6 Å². The summed E-state index contributed by atoms with van der Waals surface area (Å²) in [6.45, 7) is 5.21. The number of rotatable bonds is 6. The summed E-state index contributed by atoms with van der Waals surface area (Å²) in [4.78, 5) is 13.4. The number of hydrogen-bond acceptors (Lipinski definition) is 7. The summed E-state index contributed by atoms with van der Waals surface area (Å²) in [7, 11) is 4.02. The number of aryl methyl sites for hydroxylation is 1. The average molecular weight is 494 g/mol. The standard InChI is InChI=1S/C26H29F2N7O/c1-15-10-17-18(11-15)25(28)21(12-19(17)27)36-26-30-22(14-24(31-26)35-8-6-33(2)7-9-35)29-23-13-20(16-4-5-16)34(3)32-23/h11-14,16H,4-10H2,1-3H3,(H,29,30,31,32). The van der Waals surface area contributed by atoms with Crippen molar-refractivity contribution in [2.75, 3.05) is 43.4 Å². The molecule has 10 heteroatoms. The fourth-order valence-corrected chi connectivity index (χ4v) is 4.89. The predicted octanol–water partition coefficient (Wildman–Crippen LogP) is 4.61. The Morgan fingerprint density at radius 1 is 1.00 bits per heavy atom. The van der Waals surface area contributed by atoms with Crippen LogP contribution in [0.2, 0.25) is 0 Å². The van der Waals surface area contributed by atoms with Gasteiger partial charge in [-0.05, 0) is 33.2 Å². The molecule has 0 atom stereocenters. The highest BCUT2D eigenvalue weighted by Crippen LogP contribution is 2.41. The Morgan fingerprint density at radius 2 is 1.78 bits per heavy atom. The Balaban J connectivity index is 1.34. The first-order valence-electron chi connectivity index (χ1n) is 12.3. The first-order chi connectivity index (χ1) is 17.3. The van der Waals surface area contributed by atoms with Crippen LogP contribution in [0.25, 0.3) is 6.08 Å². The number of hydrogen-bond donors (Lipinski definition) is 1. The Labute approximate surface area is 208 Å². The van der Waals surface area contributed by atoms with Crippen molar-refractivity contribution in [2.24, 2.45) is 7.05 Å². The average Bonchev–Trinajstić information content (AvgIpc) is 3.51. The van der Waals surface area contributed by atoms with Crippen LogP contribution < -0.4 is 15.0 Å². The number of piperazine rings is 1. The van der Waals surface area contributed by atoms with Crippen molar-refractivity contribution in [1.29, 1.82) is 0 Å². The zero-order valence-corrected chi connectivity index (χ0v) is 20.7. The summed E-state index contributed by atoms with van der Waals surface area (Å²) in [5, 5.41) is 7.83. The number of likely N-dealkylation sites (N-methyl/N-ethyl adjacent to an activating group) is 1. The number of nitrogens with one attached hydrogen (secondary N) is 1. The van der Waals surface area contributed by atoms with Crippen LogP contribution in [0.15, 0.2) is 23.8 Å². The molecule has 1 N–H and O–H groups in total. The van der Waals surface area contributed by atoms with Gasteiger partial charge in [0.25, 0.3) is 0 Å². The van der Waals surface area contributed by atoms with Gasteiger partial charge in [-0.25, -0.2) is 8.78 Å². The molecule has 0 bridgehead atoms. The summed E-state index contributed by atoms with van der Waals surface area (Å²) in [6, 6.07) is 4.90. The van der Waals surface area contributed by atoms with Crippen molar-refractivity contribution in [3.63, 3.8) is 0 Å². The van der Waals surface area contributed by atoms with E-state index in [-0.39, 0.29) is 17.3 Å². The van der Waals surface area contributed by atoms with Gasteiger partial charge >= 0.3 is 6.01 Å². The lowest BCUT2D eigenvalue weighted by atomic mass is 10.1. The van der Waals surface area contributed by atoms with E-state index in [0.29, 0.717) is 35.4 Å². The van der Waals surface area contributed by atoms with E-state index in [1.54, 1.807) is 6.08 Å². The van der Waals surface area contributed by atoms with Crippen molar-refractivity contribution >= 4 is 23.5 Å². The number of ether oxygens (including phenoxy) is 1. The quantitative estimate of drug-likeness (QED) is 0.538. The first kappa shape index (κ1) is 22.9. The lowest BCUT2D eigenvalue weighted by Gasteiger charge is -2.33. The smallest absolute Gasteiger partial charge is 0.326 e. The summed E-state index contributed by atoms with van der Waals surface area (Å²) in [5.41, 5.74) is 2.67. The van der Waals surface area contributed by atoms with Gasteiger partial charge in [0.2, 0.25) is 0 Å². The van der Waals surface area contributed by atoms with Crippen LogP contribution in [0.4, 0.5) is 26.2 Å². The predicted molar refractivity (Wildman–Crippen MR) is 134 cm³/mol. The second kappa shape index (κ2) is 8.85. The maximum atomic E-state index is 15.3. The van der Waals surface area contributed by atoms with E-state index < -0.39 is 11.6 Å². The largest absolute Gasteiger partial charge is 0.421 e. The van der Waals surface area contributed by atoms with Crippen LogP contribution in [-0.2, 0) is 13.5 Å². The van der Waals surface area contributed by atoms with Crippen molar-refractivity contribution < 1.29 is 13.5 Å². The van der Waals surface area contributed by atoms with Gasteiger partial charge in [-0.15, -0.1) is 0 Å². The van der Waals surface area contributed by atoms with Gasteiger partial charge in [0.15, 0.2) is 17.4 Å². The fourth-order valence-electron chi connectivity index (χ4n) is 4.89. The molecule has 3 aliphatic rings. The number of allylic oxidation sites excluding steroid dienone is 1. The minimum Gasteiger partial charge on any atom is -0.421 e. The zero-order valence-electron chi connectivity index (χ0n) is 20.7. The highest BCUT2D eigenvalue weighted by atomic mass is 19.1. The molecule has 2 aromatic heterocycles. The Bertz CT molecular complexity index is 1360. The number of benzene rings is 1. The van der Waals surface area contributed by atoms with Crippen LogP contribution in [0.1, 0.15) is 42.5 Å². The molecule has 1 aliphatic heterocycles. The van der Waals surface area contributed by atoms with Gasteiger partial charge in [0.1, 0.15) is 17.5 Å². The van der Waals surface area contributed by atoms with E-state index in [9.17, 15) is 4.39 Å². The molecule has 1 aromatic carbocycles. The Kier molecular flexibility index (Phi) is 5.63. The summed E-state index contributed by atoms with van der Waals surface area (Å²) in [6.07, 6.45) is 4.41. The SMILES string of the molecule is CC1=Cc2c(F)c(Oc3nc(Nc4cc(C5CC5)n(C)n4)cc(N4CCN(C)CC4)n3)cc(F)c2C1. The second-order valence-corrected chi connectivity index (χ2v) is 9.99. The maximum absolute atomic E-state index is 15.3. The third kappa shape index (κ3) is 4.41. The molecular formula is C26H29F2N7O. The molecule has 36 heavy (non-hydrogen) atoms. The van der Waals surface area contributed by atoms with Crippen LogP contribution in [0.3, 0.4) is 0 Å². The first-order valence-corrected chi connectivity index (χ1v) is 12.3. The Morgan fingerprint density at radius 3 is 2.53 bits per heavy atom. The maximum Gasteiger partial charge on any atom is 0.326 e. The number of nitrogens with zero attached hydrogens (tertiary/aromatic N) is 6. The number of anilines is 3. The zero-order chi connectivity index (χ0) is 25.0. The number of halogens is 2. The van der Waals surface area contributed by atoms with Crippen LogP contribution in [0.5, 0.6) is 11.8 Å². The highest BCUT2D eigenvalue weighted by molar-refractivity contribution is 5.66. The minimum absolute atomic E-state index is 0.0516. The summed E-state index contributed by atoms with van der Waals surface area (Å²) in [5.74, 6) is 1.03. The third-order valence-electron chi connectivity index (χ3n) is 7.06. The molecule has 1 saturated heterocycles. The van der Waals surface area contributed by atoms with E-state index in [4.69, 9.17) is 4.74 Å². The van der Waals surface area contributed by atoms with Gasteiger partial charge in [-0.2, -0.15) is 15.1 Å². The molecule has 0 radical (unpaired) electrons. The van der Waals surface area contributed by atoms with Crippen LogP contribution >= 0.6 is 0 Å². The van der Waals surface area contributed by atoms with Gasteiger partial charge in [-0.1, -0.05) is 11.6 Å². The molecule has 1 saturated carbocycles. The van der Waals surface area contributed by atoms with E-state index in [2.05, 4.69) is 37.2 Å². The summed E-state index contributed by atoms with van der Waals surface area (Å²) < 4.78 is 37.7. The molecule has 0 spiro atoms. The minimum atomic E-state index is -0.606. The lowest BCUT2D eigenvalue weighted by molar-refractivity contribution is 0.311. The van der Waals surface area contributed by atoms with Crippen LogP contribution in [-0.4, -0.2) is 57.9 Å². The molecule has 0 unspecified atom stereocenters. The summed E-state index contributed by atoms with van der Waals surface area (Å²) >= 11 is 0. The molecule has 3 aromatic rings.